The van der Waals surface area contributed by atoms with E-state index >= 15 is 0 Å². The van der Waals surface area contributed by atoms with Gasteiger partial charge < -0.3 is 10.2 Å². The molecule has 8 heteroatoms. The number of fused-ring (bicyclic) bond motifs is 1. The smallest absolute Gasteiger partial charge is 0.255 e. The van der Waals surface area contributed by atoms with E-state index in [4.69, 9.17) is 0 Å². The predicted molar refractivity (Wildman–Crippen MR) is 126 cm³/mol. The summed E-state index contributed by atoms with van der Waals surface area (Å²) in [6.45, 7) is 2.45. The number of anilines is 1. The van der Waals surface area contributed by atoms with Gasteiger partial charge in [-0.25, -0.2) is 0 Å². The van der Waals surface area contributed by atoms with Gasteiger partial charge in [0.15, 0.2) is 0 Å². The summed E-state index contributed by atoms with van der Waals surface area (Å²) in [5.74, 6) is -0.444. The van der Waals surface area contributed by atoms with E-state index in [0.29, 0.717) is 31.0 Å². The van der Waals surface area contributed by atoms with Gasteiger partial charge in [-0.3, -0.25) is 29.4 Å². The van der Waals surface area contributed by atoms with Crippen LogP contribution in [0.5, 0.6) is 0 Å². The van der Waals surface area contributed by atoms with Crippen molar-refractivity contribution in [2.45, 2.75) is 44.2 Å². The lowest BCUT2D eigenvalue weighted by molar-refractivity contribution is -0.137. The fourth-order valence-electron chi connectivity index (χ4n) is 5.20. The van der Waals surface area contributed by atoms with Crippen LogP contribution < -0.4 is 10.6 Å². The quantitative estimate of drug-likeness (QED) is 0.667. The molecule has 0 radical (unpaired) electrons. The number of hydrogen-bond acceptors (Lipinski definition) is 5. The van der Waals surface area contributed by atoms with Gasteiger partial charge in [-0.1, -0.05) is 30.3 Å². The maximum Gasteiger partial charge on any atom is 0.255 e. The lowest BCUT2D eigenvalue weighted by Gasteiger charge is -2.31. The van der Waals surface area contributed by atoms with Crippen molar-refractivity contribution >= 4 is 29.3 Å². The van der Waals surface area contributed by atoms with E-state index in [0.717, 1.165) is 37.2 Å². The summed E-state index contributed by atoms with van der Waals surface area (Å²) in [6.07, 6.45) is 2.52. The van der Waals surface area contributed by atoms with Crippen LogP contribution in [0.25, 0.3) is 0 Å². The lowest BCUT2D eigenvalue weighted by Crippen LogP contribution is -2.52. The third-order valence-electron chi connectivity index (χ3n) is 7.03. The Morgan fingerprint density at radius 1 is 1.00 bits per heavy atom. The number of benzene rings is 2. The second-order valence-electron chi connectivity index (χ2n) is 9.28. The predicted octanol–water partition coefficient (Wildman–Crippen LogP) is 2.27. The average molecular weight is 461 g/mol. The van der Waals surface area contributed by atoms with Crippen LogP contribution in [0.15, 0.2) is 48.5 Å². The highest BCUT2D eigenvalue weighted by molar-refractivity contribution is 6.05. The Kier molecular flexibility index (Phi) is 6.15. The van der Waals surface area contributed by atoms with E-state index in [9.17, 15) is 19.2 Å². The van der Waals surface area contributed by atoms with Gasteiger partial charge in [0.2, 0.25) is 17.7 Å². The van der Waals surface area contributed by atoms with Gasteiger partial charge in [0.05, 0.1) is 6.54 Å². The molecule has 3 heterocycles. The number of nitrogens with zero attached hydrogens (tertiary/aromatic N) is 2. The molecule has 176 valence electrons. The van der Waals surface area contributed by atoms with Crippen molar-refractivity contribution in [3.05, 3.63) is 65.2 Å². The first-order valence-electron chi connectivity index (χ1n) is 11.8. The first-order valence-corrected chi connectivity index (χ1v) is 11.8. The van der Waals surface area contributed by atoms with E-state index in [2.05, 4.69) is 21.6 Å². The molecule has 4 amide bonds. The normalized spacial score (nSPS) is 21.4. The van der Waals surface area contributed by atoms with Crippen LogP contribution >= 0.6 is 0 Å². The van der Waals surface area contributed by atoms with Gasteiger partial charge in [0, 0.05) is 24.2 Å². The van der Waals surface area contributed by atoms with Crippen LogP contribution in [0.4, 0.5) is 5.69 Å². The molecule has 2 N–H and O–H groups in total. The number of carbonyl (C=O) groups is 4. The van der Waals surface area contributed by atoms with E-state index in [1.54, 1.807) is 4.90 Å². The van der Waals surface area contributed by atoms with Gasteiger partial charge in [-0.15, -0.1) is 0 Å². The van der Waals surface area contributed by atoms with E-state index in [1.165, 1.54) is 5.56 Å². The van der Waals surface area contributed by atoms with Crippen molar-refractivity contribution in [3.63, 3.8) is 0 Å². The molecule has 5 rings (SSSR count). The number of carbonyl (C=O) groups excluding carboxylic acids is 4. The molecule has 2 aromatic rings. The van der Waals surface area contributed by atoms with Gasteiger partial charge >= 0.3 is 0 Å². The minimum Gasteiger partial charge on any atom is -0.325 e. The van der Waals surface area contributed by atoms with Crippen molar-refractivity contribution in [3.8, 4) is 0 Å². The second-order valence-corrected chi connectivity index (χ2v) is 9.28. The molecule has 0 saturated carbocycles. The van der Waals surface area contributed by atoms with E-state index < -0.39 is 6.04 Å². The summed E-state index contributed by atoms with van der Waals surface area (Å²) in [5.41, 5.74) is 3.59. The third-order valence-corrected chi connectivity index (χ3v) is 7.03. The molecule has 8 nitrogen and oxygen atoms in total. The minimum absolute atomic E-state index is 0.00534. The Balaban J connectivity index is 1.17. The Hall–Kier alpha value is -3.52. The zero-order chi connectivity index (χ0) is 23.7. The van der Waals surface area contributed by atoms with Crippen LogP contribution in [0.2, 0.25) is 0 Å². The molecule has 3 aliphatic heterocycles. The monoisotopic (exact) mass is 460 g/mol. The second kappa shape index (κ2) is 9.38. The molecular weight excluding hydrogens is 432 g/mol. The molecule has 0 aromatic heterocycles. The molecule has 0 aliphatic carbocycles. The first-order chi connectivity index (χ1) is 16.5. The summed E-state index contributed by atoms with van der Waals surface area (Å²) in [5, 5.41) is 5.28. The van der Waals surface area contributed by atoms with Crippen LogP contribution in [0.1, 0.15) is 53.1 Å². The fourth-order valence-corrected chi connectivity index (χ4v) is 5.20. The SMILES string of the molecule is O=C1CCC(N2Cc3cc(C4CCN(CC(=O)Nc5ccccc5)CC4)ccc3C2=O)C(=O)N1. The van der Waals surface area contributed by atoms with Crippen LogP contribution in [-0.2, 0) is 20.9 Å². The minimum atomic E-state index is -0.591. The Bertz CT molecular complexity index is 1120. The Morgan fingerprint density at radius 2 is 1.76 bits per heavy atom. The van der Waals surface area contributed by atoms with Gasteiger partial charge in [0.1, 0.15) is 6.04 Å². The number of piperidine rings is 2. The van der Waals surface area contributed by atoms with Crippen LogP contribution in [-0.4, -0.2) is 59.1 Å². The summed E-state index contributed by atoms with van der Waals surface area (Å²) in [6, 6.07) is 14.9. The van der Waals surface area contributed by atoms with Crippen LogP contribution in [0, 0.1) is 0 Å². The highest BCUT2D eigenvalue weighted by atomic mass is 16.2. The van der Waals surface area contributed by atoms with Crippen molar-refractivity contribution in [2.24, 2.45) is 0 Å². The maximum absolute atomic E-state index is 12.9. The summed E-state index contributed by atoms with van der Waals surface area (Å²) in [7, 11) is 0. The molecule has 0 spiro atoms. The number of para-hydroxylation sites is 1. The number of rotatable bonds is 5. The van der Waals surface area contributed by atoms with Crippen molar-refractivity contribution in [1.29, 1.82) is 0 Å². The Morgan fingerprint density at radius 3 is 2.50 bits per heavy atom. The van der Waals surface area contributed by atoms with Crippen molar-refractivity contribution < 1.29 is 19.2 Å². The van der Waals surface area contributed by atoms with Gasteiger partial charge in [-0.05, 0) is 67.6 Å². The highest BCUT2D eigenvalue weighted by Crippen LogP contribution is 2.33. The molecule has 2 fully saturated rings. The first kappa shape index (κ1) is 22.3. The maximum atomic E-state index is 12.9. The number of amides is 4. The lowest BCUT2D eigenvalue weighted by atomic mass is 9.88. The molecule has 1 atom stereocenters. The summed E-state index contributed by atoms with van der Waals surface area (Å²) < 4.78 is 0. The zero-order valence-corrected chi connectivity index (χ0v) is 19.0. The molecule has 2 aromatic carbocycles. The largest absolute Gasteiger partial charge is 0.325 e. The Labute approximate surface area is 198 Å². The van der Waals surface area contributed by atoms with Gasteiger partial charge in [-0.2, -0.15) is 0 Å². The number of hydrogen-bond donors (Lipinski definition) is 2. The average Bonchev–Trinajstić information content (AvgIpc) is 3.15. The van der Waals surface area contributed by atoms with Crippen molar-refractivity contribution in [2.75, 3.05) is 25.0 Å². The molecule has 34 heavy (non-hydrogen) atoms. The zero-order valence-electron chi connectivity index (χ0n) is 19.0. The number of nitrogens with one attached hydrogen (secondary N) is 2. The van der Waals surface area contributed by atoms with E-state index in [-0.39, 0.29) is 30.0 Å². The molecule has 3 aliphatic rings. The molecule has 1 unspecified atom stereocenters. The number of imide groups is 1. The molecular formula is C26H28N4O4. The third kappa shape index (κ3) is 4.59. The highest BCUT2D eigenvalue weighted by Gasteiger charge is 2.39. The number of likely N-dealkylation sites (tertiary alicyclic amines) is 1. The van der Waals surface area contributed by atoms with Crippen molar-refractivity contribution in [1.82, 2.24) is 15.1 Å². The van der Waals surface area contributed by atoms with Crippen LogP contribution in [0.3, 0.4) is 0 Å². The van der Waals surface area contributed by atoms with Gasteiger partial charge in [0.25, 0.3) is 5.91 Å². The van der Waals surface area contributed by atoms with E-state index in [1.807, 2.05) is 42.5 Å². The standard InChI is InChI=1S/C26H28N4O4/c31-23-9-8-22(25(33)28-23)30-15-19-14-18(6-7-21(19)26(30)34)17-10-12-29(13-11-17)16-24(32)27-20-4-2-1-3-5-20/h1-7,14,17,22H,8-13,15-16H2,(H,27,32)(H,28,31,33). The summed E-state index contributed by atoms with van der Waals surface area (Å²) in [4.78, 5) is 52.7. The topological polar surface area (TPSA) is 98.8 Å². The fraction of sp³-hybridized carbons (Fsp3) is 0.385. The molecule has 0 bridgehead atoms. The summed E-state index contributed by atoms with van der Waals surface area (Å²) >= 11 is 0. The molecule has 2 saturated heterocycles.